The van der Waals surface area contributed by atoms with Crippen LogP contribution in [0.3, 0.4) is 0 Å². The number of aliphatic imine (C=N–C) groups is 1. The predicted octanol–water partition coefficient (Wildman–Crippen LogP) is 5.53. The van der Waals surface area contributed by atoms with Gasteiger partial charge in [-0.2, -0.15) is 0 Å². The third-order valence-corrected chi connectivity index (χ3v) is 6.79. The molecular formula is C29H31N3O3. The van der Waals surface area contributed by atoms with E-state index in [0.29, 0.717) is 26.2 Å². The number of amides is 1. The number of hydrogen-bond acceptors (Lipinski definition) is 5. The molecule has 1 amide bonds. The maximum atomic E-state index is 13.4. The maximum absolute atomic E-state index is 13.4. The number of aryl methyl sites for hydroxylation is 1. The first-order valence-corrected chi connectivity index (χ1v) is 12.2. The van der Waals surface area contributed by atoms with Crippen LogP contribution < -0.4 is 9.47 Å². The van der Waals surface area contributed by atoms with Crippen molar-refractivity contribution in [1.29, 1.82) is 0 Å². The van der Waals surface area contributed by atoms with Crippen molar-refractivity contribution in [2.24, 2.45) is 4.99 Å². The second-order valence-corrected chi connectivity index (χ2v) is 9.05. The zero-order chi connectivity index (χ0) is 24.4. The minimum absolute atomic E-state index is 0.105. The van der Waals surface area contributed by atoms with E-state index in [1.54, 1.807) is 7.11 Å². The van der Waals surface area contributed by atoms with Gasteiger partial charge in [-0.15, -0.1) is 0 Å². The Hall–Kier alpha value is -3.80. The molecule has 180 valence electrons. The Labute approximate surface area is 206 Å². The summed E-state index contributed by atoms with van der Waals surface area (Å²) in [5.41, 5.74) is 3.90. The van der Waals surface area contributed by atoms with Gasteiger partial charge in [0, 0.05) is 26.2 Å². The number of ether oxygens (including phenoxy) is 2. The van der Waals surface area contributed by atoms with Crippen LogP contribution in [0, 0.1) is 6.92 Å². The van der Waals surface area contributed by atoms with Crippen molar-refractivity contribution in [3.63, 3.8) is 0 Å². The molecule has 1 fully saturated rings. The van der Waals surface area contributed by atoms with Crippen LogP contribution in [0.15, 0.2) is 71.7 Å². The van der Waals surface area contributed by atoms with E-state index in [0.717, 1.165) is 51.9 Å². The van der Waals surface area contributed by atoms with Gasteiger partial charge in [0.05, 0.1) is 18.6 Å². The molecule has 0 aliphatic carbocycles. The summed E-state index contributed by atoms with van der Waals surface area (Å²) in [4.78, 5) is 22.7. The fourth-order valence-corrected chi connectivity index (χ4v) is 4.83. The Morgan fingerprint density at radius 3 is 2.49 bits per heavy atom. The van der Waals surface area contributed by atoms with E-state index in [4.69, 9.17) is 14.5 Å². The van der Waals surface area contributed by atoms with Crippen molar-refractivity contribution in [1.82, 2.24) is 9.80 Å². The second kappa shape index (κ2) is 9.82. The van der Waals surface area contributed by atoms with Gasteiger partial charge in [-0.3, -0.25) is 4.79 Å². The van der Waals surface area contributed by atoms with Crippen LogP contribution in [0.1, 0.15) is 36.0 Å². The number of methoxy groups -OCH3 is 1. The van der Waals surface area contributed by atoms with Crippen molar-refractivity contribution in [2.75, 3.05) is 33.3 Å². The molecule has 35 heavy (non-hydrogen) atoms. The van der Waals surface area contributed by atoms with Crippen LogP contribution in [-0.4, -0.2) is 54.8 Å². The Bertz CT molecular complexity index is 1250. The van der Waals surface area contributed by atoms with E-state index in [1.165, 1.54) is 0 Å². The number of carbonyl (C=O) groups is 1. The standard InChI is InChI=1S/C29H31N3O3/c1-4-23(21-8-6-5-7-9-21)29(33)32-16-14-31(15-17-32)28-24-19-22(34-3)11-13-26(24)35-27-18-20(2)10-12-25(27)30-28/h5-13,18-19,23H,4,14-17H2,1-3H3/t23-/m1/s1. The largest absolute Gasteiger partial charge is 0.497 e. The number of hydrogen-bond donors (Lipinski definition) is 0. The topological polar surface area (TPSA) is 54.4 Å². The highest BCUT2D eigenvalue weighted by Gasteiger charge is 2.30. The highest BCUT2D eigenvalue weighted by atomic mass is 16.5. The highest BCUT2D eigenvalue weighted by molar-refractivity contribution is 6.04. The van der Waals surface area contributed by atoms with Gasteiger partial charge in [-0.25, -0.2) is 4.99 Å². The lowest BCUT2D eigenvalue weighted by molar-refractivity contribution is -0.134. The molecule has 2 heterocycles. The number of piperazine rings is 1. The Morgan fingerprint density at radius 2 is 1.77 bits per heavy atom. The Kier molecular flexibility index (Phi) is 6.45. The van der Waals surface area contributed by atoms with E-state index in [-0.39, 0.29) is 11.8 Å². The molecule has 0 saturated carbocycles. The zero-order valence-corrected chi connectivity index (χ0v) is 20.5. The number of rotatable bonds is 4. The van der Waals surface area contributed by atoms with Gasteiger partial charge in [0.1, 0.15) is 23.0 Å². The van der Waals surface area contributed by atoms with Gasteiger partial charge in [-0.05, 0) is 54.8 Å². The van der Waals surface area contributed by atoms with E-state index in [9.17, 15) is 4.79 Å². The van der Waals surface area contributed by atoms with Crippen molar-refractivity contribution < 1.29 is 14.3 Å². The van der Waals surface area contributed by atoms with Gasteiger partial charge in [0.15, 0.2) is 5.75 Å². The van der Waals surface area contributed by atoms with Crippen LogP contribution in [0.25, 0.3) is 0 Å². The van der Waals surface area contributed by atoms with Crippen molar-refractivity contribution in [3.05, 3.63) is 83.4 Å². The van der Waals surface area contributed by atoms with Gasteiger partial charge in [0.2, 0.25) is 5.91 Å². The minimum atomic E-state index is -0.105. The van der Waals surface area contributed by atoms with Gasteiger partial charge >= 0.3 is 0 Å². The summed E-state index contributed by atoms with van der Waals surface area (Å²) in [5, 5.41) is 0. The normalized spacial score (nSPS) is 15.8. The fourth-order valence-electron chi connectivity index (χ4n) is 4.83. The van der Waals surface area contributed by atoms with Crippen molar-refractivity contribution >= 4 is 17.4 Å². The van der Waals surface area contributed by atoms with Crippen LogP contribution in [0.2, 0.25) is 0 Å². The van der Waals surface area contributed by atoms with Gasteiger partial charge in [-0.1, -0.05) is 43.3 Å². The lowest BCUT2D eigenvalue weighted by atomic mass is 9.94. The summed E-state index contributed by atoms with van der Waals surface area (Å²) in [6.07, 6.45) is 0.788. The van der Waals surface area contributed by atoms with Gasteiger partial charge in [0.25, 0.3) is 0 Å². The van der Waals surface area contributed by atoms with Crippen LogP contribution in [0.4, 0.5) is 5.69 Å². The molecule has 0 N–H and O–H groups in total. The summed E-state index contributed by atoms with van der Waals surface area (Å²) in [5.74, 6) is 3.20. The van der Waals surface area contributed by atoms with E-state index in [1.807, 2.05) is 78.6 Å². The third kappa shape index (κ3) is 4.61. The molecular weight excluding hydrogens is 438 g/mol. The van der Waals surface area contributed by atoms with Crippen LogP contribution in [0.5, 0.6) is 17.2 Å². The summed E-state index contributed by atoms with van der Waals surface area (Å²) in [6, 6.07) is 22.0. The van der Waals surface area contributed by atoms with Crippen LogP contribution in [-0.2, 0) is 4.79 Å². The summed E-state index contributed by atoms with van der Waals surface area (Å²) < 4.78 is 11.8. The molecule has 0 radical (unpaired) electrons. The van der Waals surface area contributed by atoms with Crippen LogP contribution >= 0.6 is 0 Å². The lowest BCUT2D eigenvalue weighted by Crippen LogP contribution is -2.51. The molecule has 5 rings (SSSR count). The average Bonchev–Trinajstić information content (AvgIpc) is 3.05. The molecule has 6 heteroatoms. The number of fused-ring (bicyclic) bond motifs is 2. The second-order valence-electron chi connectivity index (χ2n) is 9.05. The highest BCUT2D eigenvalue weighted by Crippen LogP contribution is 2.40. The molecule has 3 aromatic carbocycles. The summed E-state index contributed by atoms with van der Waals surface area (Å²) in [6.45, 7) is 6.84. The molecule has 0 aromatic heterocycles. The quantitative estimate of drug-likeness (QED) is 0.505. The van der Waals surface area contributed by atoms with Crippen molar-refractivity contribution in [2.45, 2.75) is 26.2 Å². The molecule has 2 aliphatic rings. The SMILES string of the molecule is CC[C@@H](C(=O)N1CCN(C2=Nc3ccc(C)cc3Oc3ccc(OC)cc32)CC1)c1ccccc1. The molecule has 1 atom stereocenters. The van der Waals surface area contributed by atoms with E-state index < -0.39 is 0 Å². The number of carbonyl (C=O) groups excluding carboxylic acids is 1. The summed E-state index contributed by atoms with van der Waals surface area (Å²) >= 11 is 0. The lowest BCUT2D eigenvalue weighted by Gasteiger charge is -2.38. The molecule has 3 aromatic rings. The average molecular weight is 470 g/mol. The molecule has 0 spiro atoms. The monoisotopic (exact) mass is 469 g/mol. The Balaban J connectivity index is 1.41. The van der Waals surface area contributed by atoms with Crippen molar-refractivity contribution in [3.8, 4) is 17.2 Å². The number of nitrogens with zero attached hydrogens (tertiary/aromatic N) is 3. The van der Waals surface area contributed by atoms with Gasteiger partial charge < -0.3 is 19.3 Å². The predicted molar refractivity (Wildman–Crippen MR) is 138 cm³/mol. The minimum Gasteiger partial charge on any atom is -0.497 e. The van der Waals surface area contributed by atoms with E-state index in [2.05, 4.69) is 11.8 Å². The number of benzene rings is 3. The molecule has 2 aliphatic heterocycles. The zero-order valence-electron chi connectivity index (χ0n) is 20.5. The fraction of sp³-hybridized carbons (Fsp3) is 0.310. The first kappa shape index (κ1) is 23.0. The smallest absolute Gasteiger partial charge is 0.230 e. The Morgan fingerprint density at radius 1 is 1.00 bits per heavy atom. The molecule has 0 bridgehead atoms. The summed E-state index contributed by atoms with van der Waals surface area (Å²) in [7, 11) is 1.66. The molecule has 0 unspecified atom stereocenters. The molecule has 1 saturated heterocycles. The van der Waals surface area contributed by atoms with E-state index >= 15 is 0 Å². The maximum Gasteiger partial charge on any atom is 0.230 e. The first-order valence-electron chi connectivity index (χ1n) is 12.2. The third-order valence-electron chi connectivity index (χ3n) is 6.79. The molecule has 6 nitrogen and oxygen atoms in total. The number of amidine groups is 1. The first-order chi connectivity index (χ1) is 17.1.